The molecule has 2 amide bonds. The van der Waals surface area contributed by atoms with Crippen LogP contribution in [-0.4, -0.2) is 93.3 Å². The van der Waals surface area contributed by atoms with Crippen molar-refractivity contribution in [1.82, 2.24) is 20.4 Å². The molecule has 5 N–H and O–H groups in total. The van der Waals surface area contributed by atoms with Gasteiger partial charge in [0.15, 0.2) is 5.76 Å². The molecule has 1 fully saturated rings. The smallest absolute Gasteiger partial charge is 0.451 e. The predicted octanol–water partition coefficient (Wildman–Crippen LogP) is 1.96. The monoisotopic (exact) mass is 679 g/mol. The number of aliphatic imine (C=N–C) groups is 1. The average molecular weight is 680 g/mol. The Morgan fingerprint density at radius 3 is 2.55 bits per heavy atom. The number of halogens is 2. The number of hydrogen-bond acceptors (Lipinski definition) is 7. The zero-order valence-corrected chi connectivity index (χ0v) is 26.1. The number of nitrogens with one attached hydrogen (secondary N) is 2. The molecule has 2 aromatic carbocycles. The van der Waals surface area contributed by atoms with Crippen molar-refractivity contribution in [2.24, 2.45) is 4.99 Å². The molecule has 0 bridgehead atoms. The van der Waals surface area contributed by atoms with Crippen LogP contribution in [0.1, 0.15) is 38.5 Å². The summed E-state index contributed by atoms with van der Waals surface area (Å²) < 4.78 is 8.27. The summed E-state index contributed by atoms with van der Waals surface area (Å²) in [5, 5.41) is 36.1. The quantitative estimate of drug-likeness (QED) is 0.193. The molecule has 15 heteroatoms. The standard InChI is InChI=1S/C29H28Cl2N5O7.V/c1-32-29(36-13-17(37)10-18(38)14-36)33-11-21(28(41)42)34-26(39)24-20(30)8-16-12-35(7-6-19(16)25(24)31)27(40)23-9-15-4-2-3-5-22(15)43-23;/h2-5,8-9,17-18,21,37-38H,6-7,10-14H2,(H,32,33)(H,34,39)(H,41,42);/t17-,18+,21-;/m0./s1. The summed E-state index contributed by atoms with van der Waals surface area (Å²) in [5.41, 5.74) is 1.85. The van der Waals surface area contributed by atoms with Gasteiger partial charge in [0.1, 0.15) is 5.58 Å². The number of guanidine groups is 1. The third kappa shape index (κ3) is 6.92. The van der Waals surface area contributed by atoms with Crippen molar-refractivity contribution >= 4 is 57.9 Å². The molecule has 3 aromatic rings. The zero-order chi connectivity index (χ0) is 31.5. The first-order valence-electron chi connectivity index (χ1n) is 13.7. The van der Waals surface area contributed by atoms with Gasteiger partial charge in [-0.15, -0.1) is 0 Å². The van der Waals surface area contributed by atoms with Gasteiger partial charge in [-0.05, 0) is 12.1 Å². The van der Waals surface area contributed by atoms with Gasteiger partial charge in [-0.1, -0.05) is 18.2 Å². The number of carbonyl (C=O) groups excluding carboxylic acids is 2. The van der Waals surface area contributed by atoms with E-state index in [0.717, 1.165) is 5.39 Å². The Bertz CT molecular complexity index is 1650. The Morgan fingerprint density at radius 1 is 1.14 bits per heavy atom. The minimum Gasteiger partial charge on any atom is -0.451 e. The van der Waals surface area contributed by atoms with E-state index in [-0.39, 0.29) is 65.8 Å². The van der Waals surface area contributed by atoms with E-state index in [2.05, 4.69) is 20.3 Å². The Balaban J connectivity index is 1.28. The van der Waals surface area contributed by atoms with E-state index >= 15 is 0 Å². The van der Waals surface area contributed by atoms with Crippen molar-refractivity contribution in [3.8, 4) is 4.66 Å². The van der Waals surface area contributed by atoms with Gasteiger partial charge in [0.25, 0.3) is 5.91 Å². The molecular weight excluding hydrogens is 652 g/mol. The molecule has 3 heterocycles. The number of aliphatic hydroxyl groups is 2. The molecule has 2 aliphatic rings. The van der Waals surface area contributed by atoms with Gasteiger partial charge < -0.3 is 9.32 Å². The van der Waals surface area contributed by atoms with E-state index in [9.17, 15) is 29.7 Å². The topological polar surface area (TPSA) is 168 Å². The van der Waals surface area contributed by atoms with Gasteiger partial charge in [-0.2, -0.15) is 0 Å². The van der Waals surface area contributed by atoms with Crippen LogP contribution >= 0.6 is 23.2 Å². The number of carboxylic acid groups (broad SMARTS) is 1. The summed E-state index contributed by atoms with van der Waals surface area (Å²) in [6.45, 7) is 0.572. The third-order valence-electron chi connectivity index (χ3n) is 7.48. The molecule has 44 heavy (non-hydrogen) atoms. The summed E-state index contributed by atoms with van der Waals surface area (Å²) in [7, 11) is 0. The molecule has 230 valence electrons. The number of para-hydroxylation sites is 1. The van der Waals surface area contributed by atoms with Crippen LogP contribution in [0.4, 0.5) is 0 Å². The van der Waals surface area contributed by atoms with E-state index in [1.54, 1.807) is 28.0 Å². The van der Waals surface area contributed by atoms with Gasteiger partial charge >= 0.3 is 191 Å². The molecule has 0 unspecified atom stereocenters. The maximum atomic E-state index is 13.3. The number of carbonyl (C=O) groups is 3. The minimum absolute atomic E-state index is 0.00730. The van der Waals surface area contributed by atoms with Crippen molar-refractivity contribution in [3.63, 3.8) is 0 Å². The first kappa shape index (κ1) is 31.9. The maximum absolute atomic E-state index is 13.3. The van der Waals surface area contributed by atoms with E-state index < -0.39 is 30.1 Å². The molecule has 3 atom stereocenters. The zero-order valence-electron chi connectivity index (χ0n) is 23.2. The van der Waals surface area contributed by atoms with Crippen LogP contribution in [-0.2, 0) is 34.5 Å². The normalized spacial score (nSPS) is 19.2. The van der Waals surface area contributed by atoms with E-state index in [0.29, 0.717) is 29.7 Å². The fourth-order valence-electron chi connectivity index (χ4n) is 5.39. The fraction of sp³-hybridized carbons (Fsp3) is 0.345. The van der Waals surface area contributed by atoms with E-state index in [1.807, 2.05) is 35.0 Å². The number of carboxylic acids is 1. The molecule has 1 aromatic heterocycles. The number of benzene rings is 2. The third-order valence-corrected chi connectivity index (χ3v) is 8.36. The number of rotatable bonds is 6. The van der Waals surface area contributed by atoms with Gasteiger partial charge in [0, 0.05) is 18.5 Å². The summed E-state index contributed by atoms with van der Waals surface area (Å²) in [4.78, 5) is 45.8. The molecular formula is C29H28Cl2N5O7V. The Hall–Kier alpha value is -3.48. The first-order chi connectivity index (χ1) is 21.0. The van der Waals surface area contributed by atoms with Crippen LogP contribution in [0.25, 0.3) is 11.0 Å². The van der Waals surface area contributed by atoms with Crippen molar-refractivity contribution in [2.75, 3.05) is 26.2 Å². The number of hydrogen-bond donors (Lipinski definition) is 5. The summed E-state index contributed by atoms with van der Waals surface area (Å²) in [6.07, 6.45) is -1.03. The second kappa shape index (κ2) is 13.7. The van der Waals surface area contributed by atoms with Crippen molar-refractivity contribution in [2.45, 2.75) is 37.6 Å². The summed E-state index contributed by atoms with van der Waals surface area (Å²) >= 11 is 15.2. The van der Waals surface area contributed by atoms with E-state index in [4.69, 9.17) is 27.6 Å². The molecule has 1 saturated heterocycles. The number of likely N-dealkylation sites (tertiary alicyclic amines) is 1. The SMILES string of the molecule is O=C(N[C@@H](CNC(=N[C]#[V])N1C[C@H](O)C[C@H](O)C1)C(=O)O)c1c(Cl)cc2c(c1Cl)CCN(C(=O)c1cc3ccccc3o1)C2. The van der Waals surface area contributed by atoms with Crippen LogP contribution in [0.2, 0.25) is 10.0 Å². The van der Waals surface area contributed by atoms with E-state index in [1.165, 1.54) is 0 Å². The molecule has 5 rings (SSSR count). The number of fused-ring (bicyclic) bond motifs is 2. The van der Waals surface area contributed by atoms with Gasteiger partial charge in [-0.25, -0.2) is 0 Å². The summed E-state index contributed by atoms with van der Waals surface area (Å²) in [6, 6.07) is 9.17. The number of furan rings is 1. The second-order valence-corrected chi connectivity index (χ2v) is 11.6. The van der Waals surface area contributed by atoms with Crippen molar-refractivity contribution in [1.29, 1.82) is 0 Å². The number of amides is 2. The molecule has 0 aliphatic carbocycles. The van der Waals surface area contributed by atoms with Gasteiger partial charge in [-0.3, -0.25) is 4.79 Å². The fourth-order valence-corrected chi connectivity index (χ4v) is 6.30. The van der Waals surface area contributed by atoms with Crippen LogP contribution < -0.4 is 10.6 Å². The number of piperidine rings is 1. The minimum atomic E-state index is -1.42. The average Bonchev–Trinajstić information content (AvgIpc) is 3.41. The second-order valence-electron chi connectivity index (χ2n) is 10.5. The molecule has 2 aliphatic heterocycles. The molecule has 12 nitrogen and oxygen atoms in total. The molecule has 0 spiro atoms. The van der Waals surface area contributed by atoms with Crippen molar-refractivity contribution in [3.05, 3.63) is 68.9 Å². The number of aliphatic hydroxyl groups excluding tert-OH is 2. The number of aliphatic carboxylic acids is 1. The van der Waals surface area contributed by atoms with Crippen LogP contribution in [0.5, 0.6) is 0 Å². The first-order valence-corrected chi connectivity index (χ1v) is 15.1. The predicted molar refractivity (Wildman–Crippen MR) is 158 cm³/mol. The number of β-amino-alcohol motifs (C(OH)–C–C–N with tert-alkyl or cyclic N) is 2. The number of nitrogens with zero attached hydrogens (tertiary/aromatic N) is 3. The Kier molecular flexibility index (Phi) is 9.92. The Labute approximate surface area is 270 Å². The summed E-state index contributed by atoms with van der Waals surface area (Å²) in [5.74, 6) is -2.01. The van der Waals surface area contributed by atoms with Crippen LogP contribution in [0, 0.1) is 4.66 Å². The van der Waals surface area contributed by atoms with Gasteiger partial charge in [0.05, 0.1) is 0 Å². The molecule has 0 saturated carbocycles. The molecule has 0 radical (unpaired) electrons. The van der Waals surface area contributed by atoms with Gasteiger partial charge in [0.2, 0.25) is 0 Å². The Morgan fingerprint density at radius 2 is 1.86 bits per heavy atom. The van der Waals surface area contributed by atoms with Crippen LogP contribution in [0.3, 0.4) is 0 Å². The van der Waals surface area contributed by atoms with Crippen LogP contribution in [0.15, 0.2) is 45.8 Å². The van der Waals surface area contributed by atoms with Crippen molar-refractivity contribution < 1.29 is 50.9 Å².